The van der Waals surface area contributed by atoms with Crippen molar-refractivity contribution in [1.82, 2.24) is 4.31 Å². The zero-order valence-corrected chi connectivity index (χ0v) is 12.0. The van der Waals surface area contributed by atoms with Gasteiger partial charge in [-0.2, -0.15) is 4.31 Å². The SMILES string of the molecule is COc1ccc(CCl)cc1S(=O)(=O)N(C)C1CC1. The number of methoxy groups -OCH3 is 1. The number of alkyl halides is 1. The Balaban J connectivity index is 2.47. The highest BCUT2D eigenvalue weighted by atomic mass is 35.5. The third-order valence-electron chi connectivity index (χ3n) is 3.10. The molecule has 0 aliphatic heterocycles. The zero-order valence-electron chi connectivity index (χ0n) is 10.4. The van der Waals surface area contributed by atoms with E-state index in [1.807, 2.05) is 0 Å². The van der Waals surface area contributed by atoms with Gasteiger partial charge in [0.1, 0.15) is 10.6 Å². The molecule has 1 fully saturated rings. The van der Waals surface area contributed by atoms with Gasteiger partial charge in [0, 0.05) is 19.0 Å². The molecule has 1 aliphatic rings. The van der Waals surface area contributed by atoms with Crippen molar-refractivity contribution in [2.24, 2.45) is 0 Å². The van der Waals surface area contributed by atoms with Crippen LogP contribution in [-0.4, -0.2) is 32.9 Å². The molecule has 0 amide bonds. The number of nitrogens with zero attached hydrogens (tertiary/aromatic N) is 1. The van der Waals surface area contributed by atoms with E-state index in [9.17, 15) is 8.42 Å². The van der Waals surface area contributed by atoms with Crippen LogP contribution in [-0.2, 0) is 15.9 Å². The molecule has 0 aromatic heterocycles. The van der Waals surface area contributed by atoms with Crippen molar-refractivity contribution in [3.63, 3.8) is 0 Å². The van der Waals surface area contributed by atoms with Crippen molar-refractivity contribution in [2.75, 3.05) is 14.2 Å². The first-order chi connectivity index (χ1) is 8.50. The molecule has 0 spiro atoms. The normalized spacial score (nSPS) is 16.0. The summed E-state index contributed by atoms with van der Waals surface area (Å²) >= 11 is 5.75. The monoisotopic (exact) mass is 289 g/mol. The second-order valence-corrected chi connectivity index (χ2v) is 6.60. The Morgan fingerprint density at radius 3 is 2.61 bits per heavy atom. The van der Waals surface area contributed by atoms with E-state index in [-0.39, 0.29) is 16.8 Å². The molecule has 0 atom stereocenters. The molecule has 1 aromatic carbocycles. The van der Waals surface area contributed by atoms with Gasteiger partial charge in [-0.25, -0.2) is 8.42 Å². The third kappa shape index (κ3) is 2.48. The van der Waals surface area contributed by atoms with Gasteiger partial charge in [-0.1, -0.05) is 6.07 Å². The number of benzene rings is 1. The minimum absolute atomic E-state index is 0.124. The summed E-state index contributed by atoms with van der Waals surface area (Å²) in [6.07, 6.45) is 1.85. The fraction of sp³-hybridized carbons (Fsp3) is 0.500. The predicted octanol–water partition coefficient (Wildman–Crippen LogP) is 2.22. The molecule has 100 valence electrons. The van der Waals surface area contributed by atoms with Gasteiger partial charge >= 0.3 is 0 Å². The summed E-state index contributed by atoms with van der Waals surface area (Å²) in [5, 5.41) is 0. The number of ether oxygens (including phenoxy) is 1. The van der Waals surface area contributed by atoms with Gasteiger partial charge in [-0.3, -0.25) is 0 Å². The Hall–Kier alpha value is -0.780. The van der Waals surface area contributed by atoms with Crippen LogP contribution in [0, 0.1) is 0 Å². The molecule has 0 heterocycles. The van der Waals surface area contributed by atoms with Crippen molar-refractivity contribution in [3.8, 4) is 5.75 Å². The number of sulfonamides is 1. The fourth-order valence-corrected chi connectivity index (χ4v) is 3.58. The van der Waals surface area contributed by atoms with Crippen LogP contribution in [0.2, 0.25) is 0 Å². The van der Waals surface area contributed by atoms with Crippen molar-refractivity contribution in [1.29, 1.82) is 0 Å². The maximum Gasteiger partial charge on any atom is 0.246 e. The molecule has 6 heteroatoms. The molecule has 0 N–H and O–H groups in total. The smallest absolute Gasteiger partial charge is 0.246 e. The third-order valence-corrected chi connectivity index (χ3v) is 5.34. The zero-order chi connectivity index (χ0) is 13.3. The van der Waals surface area contributed by atoms with Crippen LogP contribution in [0.5, 0.6) is 5.75 Å². The molecular formula is C12H16ClNO3S. The molecule has 0 bridgehead atoms. The van der Waals surface area contributed by atoms with Crippen LogP contribution < -0.4 is 4.74 Å². The quantitative estimate of drug-likeness (QED) is 0.781. The van der Waals surface area contributed by atoms with E-state index in [1.165, 1.54) is 11.4 Å². The lowest BCUT2D eigenvalue weighted by Gasteiger charge is -2.18. The number of hydrogen-bond acceptors (Lipinski definition) is 3. The number of hydrogen-bond donors (Lipinski definition) is 0. The van der Waals surface area contributed by atoms with E-state index < -0.39 is 10.0 Å². The van der Waals surface area contributed by atoms with Crippen LogP contribution >= 0.6 is 11.6 Å². The summed E-state index contributed by atoms with van der Waals surface area (Å²) in [4.78, 5) is 0.192. The highest BCUT2D eigenvalue weighted by Gasteiger charge is 2.36. The molecule has 18 heavy (non-hydrogen) atoms. The molecule has 1 saturated carbocycles. The average Bonchev–Trinajstić information content (AvgIpc) is 3.21. The summed E-state index contributed by atoms with van der Waals surface area (Å²) in [6, 6.07) is 5.12. The Labute approximate surface area is 113 Å². The van der Waals surface area contributed by atoms with Crippen LogP contribution in [0.25, 0.3) is 0 Å². The second-order valence-electron chi connectivity index (χ2n) is 4.37. The topological polar surface area (TPSA) is 46.6 Å². The van der Waals surface area contributed by atoms with E-state index in [4.69, 9.17) is 16.3 Å². The first kappa shape index (κ1) is 13.6. The molecule has 2 rings (SSSR count). The molecule has 0 radical (unpaired) electrons. The standard InChI is InChI=1S/C12H16ClNO3S/c1-14(10-4-5-10)18(15,16)12-7-9(8-13)3-6-11(12)17-2/h3,6-7,10H,4-5,8H2,1-2H3. The second kappa shape index (κ2) is 5.07. The van der Waals surface area contributed by atoms with Gasteiger partial charge in [-0.05, 0) is 30.5 Å². The van der Waals surface area contributed by atoms with Gasteiger partial charge in [0.05, 0.1) is 7.11 Å². The fourth-order valence-electron chi connectivity index (χ4n) is 1.80. The summed E-state index contributed by atoms with van der Waals surface area (Å²) in [5.41, 5.74) is 0.764. The molecule has 0 unspecified atom stereocenters. The Kier molecular flexibility index (Phi) is 3.84. The van der Waals surface area contributed by atoms with Crippen molar-refractivity contribution >= 4 is 21.6 Å². The molecular weight excluding hydrogens is 274 g/mol. The van der Waals surface area contributed by atoms with Crippen molar-refractivity contribution in [3.05, 3.63) is 23.8 Å². The largest absolute Gasteiger partial charge is 0.495 e. The van der Waals surface area contributed by atoms with E-state index in [1.54, 1.807) is 25.2 Å². The highest BCUT2D eigenvalue weighted by molar-refractivity contribution is 7.89. The van der Waals surface area contributed by atoms with Gasteiger partial charge in [0.25, 0.3) is 0 Å². The van der Waals surface area contributed by atoms with E-state index in [0.717, 1.165) is 18.4 Å². The van der Waals surface area contributed by atoms with E-state index in [2.05, 4.69) is 0 Å². The van der Waals surface area contributed by atoms with Crippen LogP contribution in [0.1, 0.15) is 18.4 Å². The van der Waals surface area contributed by atoms with Crippen molar-refractivity contribution in [2.45, 2.75) is 29.7 Å². The Morgan fingerprint density at radius 2 is 2.11 bits per heavy atom. The summed E-state index contributed by atoms with van der Waals surface area (Å²) in [6.45, 7) is 0. The first-order valence-corrected chi connectivity index (χ1v) is 7.69. The van der Waals surface area contributed by atoms with Gasteiger partial charge in [0.2, 0.25) is 10.0 Å². The molecule has 4 nitrogen and oxygen atoms in total. The lowest BCUT2D eigenvalue weighted by Crippen LogP contribution is -2.29. The lowest BCUT2D eigenvalue weighted by molar-refractivity contribution is 0.397. The molecule has 0 saturated heterocycles. The molecule has 1 aliphatic carbocycles. The van der Waals surface area contributed by atoms with Crippen LogP contribution in [0.4, 0.5) is 0 Å². The highest BCUT2D eigenvalue weighted by Crippen LogP contribution is 2.34. The minimum Gasteiger partial charge on any atom is -0.495 e. The van der Waals surface area contributed by atoms with Crippen LogP contribution in [0.15, 0.2) is 23.1 Å². The van der Waals surface area contributed by atoms with E-state index in [0.29, 0.717) is 5.75 Å². The summed E-state index contributed by atoms with van der Waals surface area (Å²) < 4.78 is 31.5. The van der Waals surface area contributed by atoms with Gasteiger partial charge in [0.15, 0.2) is 0 Å². The Bertz CT molecular complexity index is 540. The lowest BCUT2D eigenvalue weighted by atomic mass is 10.2. The summed E-state index contributed by atoms with van der Waals surface area (Å²) in [5.74, 6) is 0.635. The maximum absolute atomic E-state index is 12.5. The van der Waals surface area contributed by atoms with E-state index >= 15 is 0 Å². The average molecular weight is 290 g/mol. The number of rotatable bonds is 5. The minimum atomic E-state index is -3.50. The van der Waals surface area contributed by atoms with Gasteiger partial charge in [-0.15, -0.1) is 11.6 Å². The maximum atomic E-state index is 12.5. The first-order valence-electron chi connectivity index (χ1n) is 5.71. The van der Waals surface area contributed by atoms with Crippen LogP contribution in [0.3, 0.4) is 0 Å². The summed E-state index contributed by atoms with van der Waals surface area (Å²) in [7, 11) is -0.426. The predicted molar refractivity (Wildman–Crippen MR) is 70.5 cm³/mol. The Morgan fingerprint density at radius 1 is 1.44 bits per heavy atom. The van der Waals surface area contributed by atoms with Crippen molar-refractivity contribution < 1.29 is 13.2 Å². The molecule has 1 aromatic rings. The van der Waals surface area contributed by atoms with Gasteiger partial charge < -0.3 is 4.74 Å². The number of halogens is 1.